The number of H-pyrrole nitrogens is 1. The maximum atomic E-state index is 3.70. The lowest BCUT2D eigenvalue weighted by Gasteiger charge is -1.68. The second-order valence-corrected chi connectivity index (χ2v) is 1.24. The van der Waals surface area contributed by atoms with Gasteiger partial charge >= 0.3 is 0 Å². The van der Waals surface area contributed by atoms with Gasteiger partial charge in [-0.15, -0.1) is 0 Å². The highest BCUT2D eigenvalue weighted by Gasteiger charge is 1.73. The average molecular weight is 114 g/mol. The normalized spacial score (nSPS) is 6.62. The van der Waals surface area contributed by atoms with E-state index in [2.05, 4.69) is 10.2 Å². The van der Waals surface area contributed by atoms with Crippen molar-refractivity contribution in [3.8, 4) is 0 Å². The minimum Gasteiger partial charge on any atom is -0.283 e. The second-order valence-electron chi connectivity index (χ2n) is 1.24. The van der Waals surface area contributed by atoms with Crippen LogP contribution in [0.25, 0.3) is 0 Å². The molecular weight excluding hydrogens is 100 g/mol. The number of aromatic nitrogens is 2. The van der Waals surface area contributed by atoms with E-state index in [1.165, 1.54) is 0 Å². The summed E-state index contributed by atoms with van der Waals surface area (Å²) in [6.07, 6.45) is 1.73. The van der Waals surface area contributed by atoms with Crippen LogP contribution in [0.4, 0.5) is 0 Å². The molecular formula is C6H14N2. The van der Waals surface area contributed by atoms with Crippen molar-refractivity contribution in [3.05, 3.63) is 18.0 Å². The number of rotatable bonds is 0. The Balaban J connectivity index is 0. The van der Waals surface area contributed by atoms with E-state index >= 15 is 0 Å². The highest BCUT2D eigenvalue weighted by molar-refractivity contribution is 4.91. The first-order valence-corrected chi connectivity index (χ1v) is 1.85. The van der Waals surface area contributed by atoms with E-state index in [9.17, 15) is 0 Å². The lowest BCUT2D eigenvalue weighted by Crippen LogP contribution is -1.65. The van der Waals surface area contributed by atoms with Gasteiger partial charge in [-0.3, -0.25) is 5.10 Å². The van der Waals surface area contributed by atoms with Crippen LogP contribution in [0.3, 0.4) is 0 Å². The summed E-state index contributed by atoms with van der Waals surface area (Å²) in [5.41, 5.74) is 1.11. The van der Waals surface area contributed by atoms with Crippen molar-refractivity contribution in [3.63, 3.8) is 0 Å². The SMILES string of the molecule is C.C.Cc1ccn[nH]1. The van der Waals surface area contributed by atoms with Gasteiger partial charge in [-0.25, -0.2) is 0 Å². The van der Waals surface area contributed by atoms with Gasteiger partial charge in [0.1, 0.15) is 0 Å². The lowest BCUT2D eigenvalue weighted by molar-refractivity contribution is 1.05. The van der Waals surface area contributed by atoms with Crippen LogP contribution >= 0.6 is 0 Å². The molecule has 8 heavy (non-hydrogen) atoms. The molecule has 0 amide bonds. The quantitative estimate of drug-likeness (QED) is 0.549. The first-order chi connectivity index (χ1) is 2.89. The summed E-state index contributed by atoms with van der Waals surface area (Å²) in [5.74, 6) is 0. The fourth-order valence-electron chi connectivity index (χ4n) is 0.325. The minimum absolute atomic E-state index is 0. The van der Waals surface area contributed by atoms with Crippen LogP contribution in [0.5, 0.6) is 0 Å². The van der Waals surface area contributed by atoms with Gasteiger partial charge < -0.3 is 0 Å². The Morgan fingerprint density at radius 1 is 1.50 bits per heavy atom. The zero-order chi connectivity index (χ0) is 4.41. The van der Waals surface area contributed by atoms with Crippen molar-refractivity contribution < 1.29 is 0 Å². The number of hydrogen-bond acceptors (Lipinski definition) is 1. The van der Waals surface area contributed by atoms with Gasteiger partial charge in [0.05, 0.1) is 0 Å². The van der Waals surface area contributed by atoms with E-state index in [1.807, 2.05) is 13.0 Å². The summed E-state index contributed by atoms with van der Waals surface area (Å²) in [7, 11) is 0. The molecule has 0 bridgehead atoms. The molecule has 2 heteroatoms. The van der Waals surface area contributed by atoms with E-state index in [4.69, 9.17) is 0 Å². The summed E-state index contributed by atoms with van der Waals surface area (Å²) in [5, 5.41) is 6.45. The van der Waals surface area contributed by atoms with E-state index in [0.29, 0.717) is 0 Å². The summed E-state index contributed by atoms with van der Waals surface area (Å²) >= 11 is 0. The predicted molar refractivity (Wildman–Crippen MR) is 36.8 cm³/mol. The standard InChI is InChI=1S/C4H6N2.2CH4/c1-4-2-3-5-6-4;;/h2-3H,1H3,(H,5,6);2*1H4. The van der Waals surface area contributed by atoms with E-state index in [0.717, 1.165) is 5.69 Å². The van der Waals surface area contributed by atoms with Crippen molar-refractivity contribution in [1.29, 1.82) is 0 Å². The van der Waals surface area contributed by atoms with Crippen LogP contribution < -0.4 is 0 Å². The molecule has 0 aliphatic heterocycles. The third-order valence-corrected chi connectivity index (χ3v) is 0.640. The van der Waals surface area contributed by atoms with Gasteiger partial charge in [0, 0.05) is 11.9 Å². The van der Waals surface area contributed by atoms with Gasteiger partial charge in [-0.05, 0) is 13.0 Å². The molecule has 0 spiro atoms. The molecule has 0 saturated heterocycles. The van der Waals surface area contributed by atoms with E-state index in [-0.39, 0.29) is 14.9 Å². The highest BCUT2D eigenvalue weighted by Crippen LogP contribution is 1.82. The molecule has 0 saturated carbocycles. The largest absolute Gasteiger partial charge is 0.283 e. The van der Waals surface area contributed by atoms with Crippen LogP contribution in [0.15, 0.2) is 12.3 Å². The average Bonchev–Trinajstić information content (AvgIpc) is 1.86. The first-order valence-electron chi connectivity index (χ1n) is 1.85. The summed E-state index contributed by atoms with van der Waals surface area (Å²) in [6.45, 7) is 1.97. The summed E-state index contributed by atoms with van der Waals surface area (Å²) in [4.78, 5) is 0. The summed E-state index contributed by atoms with van der Waals surface area (Å²) < 4.78 is 0. The molecule has 0 unspecified atom stereocenters. The maximum absolute atomic E-state index is 3.70. The Bertz CT molecular complexity index is 110. The molecule has 2 nitrogen and oxygen atoms in total. The molecule has 1 aromatic heterocycles. The fourth-order valence-corrected chi connectivity index (χ4v) is 0.325. The van der Waals surface area contributed by atoms with Crippen molar-refractivity contribution in [1.82, 2.24) is 10.2 Å². The zero-order valence-electron chi connectivity index (χ0n) is 3.60. The maximum Gasteiger partial charge on any atom is 0.0489 e. The Morgan fingerprint density at radius 2 is 2.12 bits per heavy atom. The molecule has 0 aromatic carbocycles. The Labute approximate surface area is 50.9 Å². The lowest BCUT2D eigenvalue weighted by atomic mass is 10.5. The Morgan fingerprint density at radius 3 is 2.25 bits per heavy atom. The second kappa shape index (κ2) is 4.37. The molecule has 48 valence electrons. The van der Waals surface area contributed by atoms with Crippen molar-refractivity contribution >= 4 is 0 Å². The topological polar surface area (TPSA) is 28.7 Å². The van der Waals surface area contributed by atoms with Gasteiger partial charge in [-0.1, -0.05) is 14.9 Å². The zero-order valence-corrected chi connectivity index (χ0v) is 3.60. The molecule has 0 fully saturated rings. The number of aromatic amines is 1. The molecule has 0 aliphatic rings. The van der Waals surface area contributed by atoms with E-state index in [1.54, 1.807) is 6.20 Å². The van der Waals surface area contributed by atoms with Gasteiger partial charge in [-0.2, -0.15) is 5.10 Å². The fraction of sp³-hybridized carbons (Fsp3) is 0.500. The molecule has 1 N–H and O–H groups in total. The predicted octanol–water partition coefficient (Wildman–Crippen LogP) is 1.99. The number of nitrogens with one attached hydrogen (secondary N) is 1. The molecule has 0 atom stereocenters. The molecule has 0 radical (unpaired) electrons. The molecule has 1 rings (SSSR count). The smallest absolute Gasteiger partial charge is 0.0489 e. The van der Waals surface area contributed by atoms with Crippen LogP contribution in [0.2, 0.25) is 0 Å². The number of hydrogen-bond donors (Lipinski definition) is 1. The first kappa shape index (κ1) is 10.2. The monoisotopic (exact) mass is 114 g/mol. The number of aryl methyl sites for hydroxylation is 1. The Kier molecular flexibility index (Phi) is 5.60. The molecule has 1 aromatic rings. The number of nitrogens with zero attached hydrogens (tertiary/aromatic N) is 1. The molecule has 0 aliphatic carbocycles. The van der Waals surface area contributed by atoms with E-state index < -0.39 is 0 Å². The van der Waals surface area contributed by atoms with Crippen molar-refractivity contribution in [2.75, 3.05) is 0 Å². The Hall–Kier alpha value is -0.790. The highest BCUT2D eigenvalue weighted by atomic mass is 15.1. The van der Waals surface area contributed by atoms with Crippen LogP contribution in [0.1, 0.15) is 20.5 Å². The van der Waals surface area contributed by atoms with Gasteiger partial charge in [0.15, 0.2) is 0 Å². The van der Waals surface area contributed by atoms with Gasteiger partial charge in [0.25, 0.3) is 0 Å². The minimum atomic E-state index is 0. The third-order valence-electron chi connectivity index (χ3n) is 0.640. The van der Waals surface area contributed by atoms with Gasteiger partial charge in [0.2, 0.25) is 0 Å². The van der Waals surface area contributed by atoms with Crippen molar-refractivity contribution in [2.45, 2.75) is 21.8 Å². The van der Waals surface area contributed by atoms with Crippen LogP contribution in [-0.4, -0.2) is 10.2 Å². The third kappa shape index (κ3) is 2.39. The summed E-state index contributed by atoms with van der Waals surface area (Å²) in [6, 6.07) is 1.92. The molecule has 1 heterocycles. The van der Waals surface area contributed by atoms with Crippen LogP contribution in [0, 0.1) is 6.92 Å². The van der Waals surface area contributed by atoms with Crippen LogP contribution in [-0.2, 0) is 0 Å². The van der Waals surface area contributed by atoms with Crippen molar-refractivity contribution in [2.24, 2.45) is 0 Å².